The Kier molecular flexibility index (Phi) is 3.35. The van der Waals surface area contributed by atoms with Crippen molar-refractivity contribution in [3.63, 3.8) is 0 Å². The van der Waals surface area contributed by atoms with Gasteiger partial charge in [0.25, 0.3) is 5.69 Å². The van der Waals surface area contributed by atoms with Crippen LogP contribution in [0, 0.1) is 17.0 Å². The molecule has 0 unspecified atom stereocenters. The highest BCUT2D eigenvalue weighted by molar-refractivity contribution is 5.69. The quantitative estimate of drug-likeness (QED) is 0.690. The predicted molar refractivity (Wildman–Crippen MR) is 77.7 cm³/mol. The number of aryl methyl sites for hydroxylation is 1. The molecule has 2 aromatic carbocycles. The number of nitrogens with one attached hydrogen (secondary N) is 1. The number of nitrogens with zero attached hydrogens (tertiary/aromatic N) is 1. The van der Waals surface area contributed by atoms with E-state index in [-0.39, 0.29) is 12.5 Å². The third kappa shape index (κ3) is 2.74. The van der Waals surface area contributed by atoms with Crippen LogP contribution in [-0.2, 0) is 6.54 Å². The summed E-state index contributed by atoms with van der Waals surface area (Å²) in [6.45, 7) is 2.61. The molecule has 0 amide bonds. The molecule has 0 aromatic heterocycles. The minimum absolute atomic E-state index is 0.0219. The molecular weight excluding hydrogens is 272 g/mol. The van der Waals surface area contributed by atoms with Crippen LogP contribution in [0.5, 0.6) is 11.5 Å². The highest BCUT2D eigenvalue weighted by atomic mass is 16.7. The number of hydrogen-bond donors (Lipinski definition) is 1. The van der Waals surface area contributed by atoms with Crippen LogP contribution in [0.1, 0.15) is 11.1 Å². The Balaban J connectivity index is 1.84. The molecule has 1 heterocycles. The van der Waals surface area contributed by atoms with E-state index in [1.54, 1.807) is 6.07 Å². The smallest absolute Gasteiger partial charge is 0.296 e. The van der Waals surface area contributed by atoms with Crippen LogP contribution < -0.4 is 14.8 Å². The number of hydrogen-bond acceptors (Lipinski definition) is 5. The van der Waals surface area contributed by atoms with Gasteiger partial charge in [0, 0.05) is 12.6 Å². The highest BCUT2D eigenvalue weighted by Crippen LogP contribution is 2.40. The van der Waals surface area contributed by atoms with E-state index in [0.717, 1.165) is 5.56 Å². The van der Waals surface area contributed by atoms with Gasteiger partial charge in [-0.25, -0.2) is 0 Å². The Hall–Kier alpha value is -2.76. The molecule has 1 N–H and O–H groups in total. The lowest BCUT2D eigenvalue weighted by molar-refractivity contribution is -0.384. The molecule has 1 aliphatic heterocycles. The van der Waals surface area contributed by atoms with Crippen molar-refractivity contribution in [3.8, 4) is 11.5 Å². The number of ether oxygens (including phenoxy) is 2. The summed E-state index contributed by atoms with van der Waals surface area (Å²) in [6, 6.07) is 11.0. The lowest BCUT2D eigenvalue weighted by Gasteiger charge is -2.08. The molecule has 6 nitrogen and oxygen atoms in total. The lowest BCUT2D eigenvalue weighted by Crippen LogP contribution is -2.02. The number of anilines is 1. The van der Waals surface area contributed by atoms with Crippen LogP contribution in [0.4, 0.5) is 11.4 Å². The van der Waals surface area contributed by atoms with E-state index in [0.29, 0.717) is 23.7 Å². The van der Waals surface area contributed by atoms with Gasteiger partial charge in [-0.2, -0.15) is 0 Å². The monoisotopic (exact) mass is 286 g/mol. The molecule has 0 spiro atoms. The molecule has 0 saturated heterocycles. The van der Waals surface area contributed by atoms with Crippen molar-refractivity contribution in [1.82, 2.24) is 0 Å². The van der Waals surface area contributed by atoms with Gasteiger partial charge in [0.05, 0.1) is 11.0 Å². The summed E-state index contributed by atoms with van der Waals surface area (Å²) in [6.07, 6.45) is 0. The molecule has 2 aromatic rings. The number of benzene rings is 2. The molecule has 21 heavy (non-hydrogen) atoms. The average molecular weight is 286 g/mol. The Labute approximate surface area is 121 Å². The second-order valence-electron chi connectivity index (χ2n) is 4.82. The molecule has 108 valence electrons. The molecule has 0 atom stereocenters. The van der Waals surface area contributed by atoms with E-state index < -0.39 is 4.92 Å². The van der Waals surface area contributed by atoms with E-state index in [4.69, 9.17) is 9.47 Å². The van der Waals surface area contributed by atoms with E-state index in [2.05, 4.69) is 5.32 Å². The van der Waals surface area contributed by atoms with Crippen LogP contribution in [0.15, 0.2) is 36.4 Å². The zero-order valence-electron chi connectivity index (χ0n) is 11.5. The Bertz CT molecular complexity index is 683. The number of nitro benzene ring substituents is 1. The first-order valence-corrected chi connectivity index (χ1v) is 6.51. The highest BCUT2D eigenvalue weighted by Gasteiger charge is 2.23. The fourth-order valence-electron chi connectivity index (χ4n) is 2.13. The minimum atomic E-state index is -0.431. The molecule has 3 rings (SSSR count). The molecule has 0 bridgehead atoms. The summed E-state index contributed by atoms with van der Waals surface area (Å²) in [5.74, 6) is 0.926. The van der Waals surface area contributed by atoms with E-state index in [1.807, 2.05) is 31.2 Å². The van der Waals surface area contributed by atoms with Crippen LogP contribution >= 0.6 is 0 Å². The van der Waals surface area contributed by atoms with Gasteiger partial charge in [-0.15, -0.1) is 0 Å². The van der Waals surface area contributed by atoms with Crippen molar-refractivity contribution < 1.29 is 14.4 Å². The summed E-state index contributed by atoms with van der Waals surface area (Å²) < 4.78 is 10.4. The summed E-state index contributed by atoms with van der Waals surface area (Å²) >= 11 is 0. The van der Waals surface area contributed by atoms with Crippen molar-refractivity contribution in [1.29, 1.82) is 0 Å². The van der Waals surface area contributed by atoms with Crippen molar-refractivity contribution >= 4 is 11.4 Å². The standard InChI is InChI=1S/C15H14N2O4/c1-10-2-4-11(5-3-10)8-16-12-6-14-15(21-9-20-14)7-13(12)17(18)19/h2-7,16H,8-9H2,1H3. The summed E-state index contributed by atoms with van der Waals surface area (Å²) in [5.41, 5.74) is 2.62. The predicted octanol–water partition coefficient (Wildman–Crippen LogP) is 3.24. The molecule has 0 fully saturated rings. The van der Waals surface area contributed by atoms with Crippen LogP contribution in [-0.4, -0.2) is 11.7 Å². The van der Waals surface area contributed by atoms with Crippen molar-refractivity contribution in [2.24, 2.45) is 0 Å². The van der Waals surface area contributed by atoms with Gasteiger partial charge >= 0.3 is 0 Å². The molecular formula is C15H14N2O4. The Morgan fingerprint density at radius 2 is 1.86 bits per heavy atom. The van der Waals surface area contributed by atoms with Gasteiger partial charge in [0.2, 0.25) is 6.79 Å². The fourth-order valence-corrected chi connectivity index (χ4v) is 2.13. The molecule has 0 radical (unpaired) electrons. The van der Waals surface area contributed by atoms with Crippen molar-refractivity contribution in [2.75, 3.05) is 12.1 Å². The maximum Gasteiger partial charge on any atom is 0.296 e. The third-order valence-corrected chi connectivity index (χ3v) is 3.29. The van der Waals surface area contributed by atoms with Crippen molar-refractivity contribution in [3.05, 3.63) is 57.6 Å². The minimum Gasteiger partial charge on any atom is -0.454 e. The van der Waals surface area contributed by atoms with Crippen LogP contribution in [0.2, 0.25) is 0 Å². The topological polar surface area (TPSA) is 73.6 Å². The average Bonchev–Trinajstić information content (AvgIpc) is 2.92. The number of fused-ring (bicyclic) bond motifs is 1. The lowest BCUT2D eigenvalue weighted by atomic mass is 10.1. The Morgan fingerprint density at radius 1 is 1.19 bits per heavy atom. The first-order chi connectivity index (χ1) is 10.1. The summed E-state index contributed by atoms with van der Waals surface area (Å²) in [5, 5.41) is 14.2. The maximum absolute atomic E-state index is 11.1. The molecule has 1 aliphatic rings. The van der Waals surface area contributed by atoms with Gasteiger partial charge in [0.1, 0.15) is 5.69 Å². The second kappa shape index (κ2) is 5.32. The summed E-state index contributed by atoms with van der Waals surface area (Å²) in [4.78, 5) is 10.7. The maximum atomic E-state index is 11.1. The van der Waals surface area contributed by atoms with Gasteiger partial charge in [-0.3, -0.25) is 10.1 Å². The van der Waals surface area contributed by atoms with Gasteiger partial charge in [0.15, 0.2) is 11.5 Å². The van der Waals surface area contributed by atoms with Crippen LogP contribution in [0.3, 0.4) is 0 Å². The number of rotatable bonds is 4. The van der Waals surface area contributed by atoms with Gasteiger partial charge in [-0.05, 0) is 12.5 Å². The van der Waals surface area contributed by atoms with Gasteiger partial charge < -0.3 is 14.8 Å². The van der Waals surface area contributed by atoms with E-state index in [9.17, 15) is 10.1 Å². The van der Waals surface area contributed by atoms with Crippen LogP contribution in [0.25, 0.3) is 0 Å². The summed E-state index contributed by atoms with van der Waals surface area (Å²) in [7, 11) is 0. The molecule has 6 heteroatoms. The SMILES string of the molecule is Cc1ccc(CNc2cc3c(cc2[N+](=O)[O-])OCO3)cc1. The fraction of sp³-hybridized carbons (Fsp3) is 0.200. The largest absolute Gasteiger partial charge is 0.454 e. The molecule has 0 saturated carbocycles. The molecule has 0 aliphatic carbocycles. The zero-order chi connectivity index (χ0) is 14.8. The Morgan fingerprint density at radius 3 is 2.52 bits per heavy atom. The first-order valence-electron chi connectivity index (χ1n) is 6.51. The zero-order valence-corrected chi connectivity index (χ0v) is 11.5. The van der Waals surface area contributed by atoms with E-state index >= 15 is 0 Å². The normalized spacial score (nSPS) is 12.2. The third-order valence-electron chi connectivity index (χ3n) is 3.29. The second-order valence-corrected chi connectivity index (χ2v) is 4.82. The number of nitro groups is 1. The van der Waals surface area contributed by atoms with E-state index in [1.165, 1.54) is 11.6 Å². The van der Waals surface area contributed by atoms with Crippen molar-refractivity contribution in [2.45, 2.75) is 13.5 Å². The van der Waals surface area contributed by atoms with Gasteiger partial charge in [-0.1, -0.05) is 29.8 Å². The first kappa shape index (κ1) is 13.2.